The molecule has 0 amide bonds. The van der Waals surface area contributed by atoms with E-state index in [0.717, 1.165) is 5.56 Å². The molecule has 0 spiro atoms. The summed E-state index contributed by atoms with van der Waals surface area (Å²) in [4.78, 5) is 20.0. The molecule has 3 heterocycles. The first-order valence-electron chi connectivity index (χ1n) is 5.29. The Balaban J connectivity index is 2.30. The van der Waals surface area contributed by atoms with Gasteiger partial charge in [0.15, 0.2) is 5.82 Å². The van der Waals surface area contributed by atoms with Gasteiger partial charge in [0.1, 0.15) is 5.69 Å². The number of hydrogen-bond donors (Lipinski definition) is 1. The number of aryl methyl sites for hydroxylation is 1. The van der Waals surface area contributed by atoms with Crippen LogP contribution < -0.4 is 11.3 Å². The molecule has 0 aliphatic rings. The van der Waals surface area contributed by atoms with E-state index in [-0.39, 0.29) is 11.2 Å². The lowest BCUT2D eigenvalue weighted by atomic mass is 10.3. The largest absolute Gasteiger partial charge is 0.393 e. The first kappa shape index (κ1) is 10.5. The molecule has 0 atom stereocenters. The summed E-state index contributed by atoms with van der Waals surface area (Å²) in [6.07, 6.45) is 4.80. The van der Waals surface area contributed by atoms with Crippen LogP contribution in [0.15, 0.2) is 35.5 Å². The summed E-state index contributed by atoms with van der Waals surface area (Å²) in [6.45, 7) is 0. The van der Waals surface area contributed by atoms with Crippen LogP contribution in [-0.4, -0.2) is 24.1 Å². The predicted octanol–water partition coefficient (Wildman–Crippen LogP) is 0.0722. The van der Waals surface area contributed by atoms with E-state index in [0.29, 0.717) is 11.6 Å². The van der Waals surface area contributed by atoms with E-state index >= 15 is 0 Å². The first-order chi connectivity index (χ1) is 8.66. The fourth-order valence-electron chi connectivity index (χ4n) is 1.72. The Bertz CT molecular complexity index is 773. The Morgan fingerprint density at radius 1 is 1.39 bits per heavy atom. The maximum Gasteiger partial charge on any atom is 0.277 e. The van der Waals surface area contributed by atoms with E-state index in [1.165, 1.54) is 15.3 Å². The van der Waals surface area contributed by atoms with E-state index < -0.39 is 0 Å². The number of fused-ring (bicyclic) bond motifs is 1. The Morgan fingerprint density at radius 2 is 2.22 bits per heavy atom. The second-order valence-corrected chi connectivity index (χ2v) is 3.87. The van der Waals surface area contributed by atoms with Crippen LogP contribution in [0.25, 0.3) is 17.2 Å². The normalized spacial score (nSPS) is 10.9. The van der Waals surface area contributed by atoms with Crippen LogP contribution in [0.4, 0.5) is 5.69 Å². The summed E-state index contributed by atoms with van der Waals surface area (Å²) < 4.78 is 2.85. The fourth-order valence-corrected chi connectivity index (χ4v) is 1.72. The summed E-state index contributed by atoms with van der Waals surface area (Å²) in [5.74, 6) is 0.941. The summed E-state index contributed by atoms with van der Waals surface area (Å²) in [5, 5.41) is 4.27. The van der Waals surface area contributed by atoms with Crippen LogP contribution >= 0.6 is 0 Å². The third-order valence-electron chi connectivity index (χ3n) is 2.65. The van der Waals surface area contributed by atoms with E-state index in [2.05, 4.69) is 15.1 Å². The fraction of sp³-hybridized carbons (Fsp3) is 0.0909. The molecule has 18 heavy (non-hydrogen) atoms. The van der Waals surface area contributed by atoms with Crippen LogP contribution in [0.2, 0.25) is 0 Å². The molecular weight excluding hydrogens is 232 g/mol. The third kappa shape index (κ3) is 1.45. The molecule has 0 aliphatic carbocycles. The summed E-state index contributed by atoms with van der Waals surface area (Å²) in [5.41, 5.74) is 6.23. The molecule has 7 nitrogen and oxygen atoms in total. The number of aromatic nitrogens is 5. The lowest BCUT2D eigenvalue weighted by Gasteiger charge is -1.99. The Morgan fingerprint density at radius 3 is 2.94 bits per heavy atom. The smallest absolute Gasteiger partial charge is 0.277 e. The number of anilines is 1. The minimum atomic E-state index is -0.285. The second kappa shape index (κ2) is 3.66. The van der Waals surface area contributed by atoms with Crippen molar-refractivity contribution in [1.29, 1.82) is 0 Å². The number of hydrogen-bond acceptors (Lipinski definition) is 5. The molecular formula is C11H10N6O. The van der Waals surface area contributed by atoms with Crippen LogP contribution in [-0.2, 0) is 7.05 Å². The minimum Gasteiger partial charge on any atom is -0.393 e. The van der Waals surface area contributed by atoms with Gasteiger partial charge in [0, 0.05) is 25.0 Å². The summed E-state index contributed by atoms with van der Waals surface area (Å²) in [6, 6.07) is 3.65. The molecule has 2 N–H and O–H groups in total. The first-order valence-corrected chi connectivity index (χ1v) is 5.29. The van der Waals surface area contributed by atoms with Gasteiger partial charge in [-0.3, -0.25) is 14.3 Å². The van der Waals surface area contributed by atoms with Crippen molar-refractivity contribution < 1.29 is 0 Å². The number of nitrogens with two attached hydrogens (primary N) is 1. The molecule has 0 radical (unpaired) electrons. The Kier molecular flexibility index (Phi) is 2.12. The van der Waals surface area contributed by atoms with Crippen LogP contribution in [0.5, 0.6) is 0 Å². The number of pyridine rings is 1. The third-order valence-corrected chi connectivity index (χ3v) is 2.65. The average Bonchev–Trinajstić information content (AvgIpc) is 2.81. The van der Waals surface area contributed by atoms with Crippen molar-refractivity contribution in [2.45, 2.75) is 0 Å². The summed E-state index contributed by atoms with van der Waals surface area (Å²) >= 11 is 0. The van der Waals surface area contributed by atoms with Crippen molar-refractivity contribution in [3.8, 4) is 11.4 Å². The molecule has 3 aromatic heterocycles. The predicted molar refractivity (Wildman–Crippen MR) is 65.9 cm³/mol. The van der Waals surface area contributed by atoms with E-state index in [4.69, 9.17) is 5.73 Å². The van der Waals surface area contributed by atoms with Gasteiger partial charge in [-0.2, -0.15) is 4.98 Å². The highest BCUT2D eigenvalue weighted by Gasteiger charge is 2.10. The Hall–Kier alpha value is -2.70. The zero-order valence-electron chi connectivity index (χ0n) is 9.61. The van der Waals surface area contributed by atoms with Crippen LogP contribution in [0.1, 0.15) is 0 Å². The lowest BCUT2D eigenvalue weighted by Crippen LogP contribution is -2.22. The van der Waals surface area contributed by atoms with Gasteiger partial charge in [-0.25, -0.2) is 4.52 Å². The van der Waals surface area contributed by atoms with Crippen molar-refractivity contribution in [3.05, 3.63) is 41.1 Å². The Labute approximate surface area is 102 Å². The van der Waals surface area contributed by atoms with E-state index in [9.17, 15) is 4.79 Å². The molecule has 0 saturated heterocycles. The van der Waals surface area contributed by atoms with Crippen molar-refractivity contribution >= 4 is 11.5 Å². The number of nitrogens with zero attached hydrogens (tertiary/aromatic N) is 5. The van der Waals surface area contributed by atoms with Gasteiger partial charge < -0.3 is 5.73 Å². The molecule has 90 valence electrons. The number of rotatable bonds is 1. The molecule has 3 rings (SSSR count). The minimum absolute atomic E-state index is 0.132. The van der Waals surface area contributed by atoms with Crippen molar-refractivity contribution in [3.63, 3.8) is 0 Å². The van der Waals surface area contributed by atoms with Crippen LogP contribution in [0, 0.1) is 0 Å². The standard InChI is InChI=1S/C11H10N6O/c1-16-10(18)8(12)6-17-11(16)14-9(15-17)7-3-2-4-13-5-7/h2-6H,12H2,1H3. The van der Waals surface area contributed by atoms with Gasteiger partial charge in [-0.15, -0.1) is 5.10 Å². The number of nitrogen functional groups attached to an aromatic ring is 1. The molecule has 0 saturated carbocycles. The van der Waals surface area contributed by atoms with Gasteiger partial charge in [0.2, 0.25) is 5.78 Å². The van der Waals surface area contributed by atoms with Gasteiger partial charge in [0.25, 0.3) is 5.56 Å². The monoisotopic (exact) mass is 242 g/mol. The van der Waals surface area contributed by atoms with Crippen molar-refractivity contribution in [2.24, 2.45) is 7.05 Å². The maximum atomic E-state index is 11.7. The molecule has 0 aromatic carbocycles. The second-order valence-electron chi connectivity index (χ2n) is 3.87. The zero-order chi connectivity index (χ0) is 12.7. The highest BCUT2D eigenvalue weighted by molar-refractivity contribution is 5.56. The lowest BCUT2D eigenvalue weighted by molar-refractivity contribution is 0.817. The molecule has 0 fully saturated rings. The molecule has 0 bridgehead atoms. The summed E-state index contributed by atoms with van der Waals surface area (Å²) in [7, 11) is 1.61. The highest BCUT2D eigenvalue weighted by Crippen LogP contribution is 2.13. The van der Waals surface area contributed by atoms with Gasteiger partial charge in [-0.05, 0) is 12.1 Å². The highest BCUT2D eigenvalue weighted by atomic mass is 16.1. The van der Waals surface area contributed by atoms with Gasteiger partial charge in [-0.1, -0.05) is 0 Å². The maximum absolute atomic E-state index is 11.7. The molecule has 0 unspecified atom stereocenters. The molecule has 3 aromatic rings. The molecule has 0 aliphatic heterocycles. The van der Waals surface area contributed by atoms with Crippen molar-refractivity contribution in [1.82, 2.24) is 24.1 Å². The SMILES string of the molecule is Cn1c(=O)c(N)cn2nc(-c3cccnc3)nc12. The van der Waals surface area contributed by atoms with E-state index in [1.54, 1.807) is 25.5 Å². The quantitative estimate of drug-likeness (QED) is 0.652. The van der Waals surface area contributed by atoms with E-state index in [1.807, 2.05) is 6.07 Å². The zero-order valence-corrected chi connectivity index (χ0v) is 9.61. The van der Waals surface area contributed by atoms with Gasteiger partial charge >= 0.3 is 0 Å². The average molecular weight is 242 g/mol. The van der Waals surface area contributed by atoms with Crippen molar-refractivity contribution in [2.75, 3.05) is 5.73 Å². The van der Waals surface area contributed by atoms with Crippen LogP contribution in [0.3, 0.4) is 0 Å². The topological polar surface area (TPSA) is 91.1 Å². The molecule has 7 heteroatoms. The van der Waals surface area contributed by atoms with Gasteiger partial charge in [0.05, 0.1) is 6.20 Å².